The second-order valence-corrected chi connectivity index (χ2v) is 7.02. The molecule has 0 aliphatic carbocycles. The average molecular weight is 377 g/mol. The molecule has 27 heavy (non-hydrogen) atoms. The Bertz CT molecular complexity index is 783. The van der Waals surface area contributed by atoms with Crippen molar-refractivity contribution in [2.45, 2.75) is 46.6 Å². The van der Waals surface area contributed by atoms with Gasteiger partial charge in [0.15, 0.2) is 12.2 Å². The molecule has 4 nitrogen and oxygen atoms in total. The molecule has 3 aliphatic heterocycles. The molecule has 0 saturated carbocycles. The number of likely N-dealkylation sites (tertiary alicyclic amines) is 1. The number of carbonyl (C=O) groups is 1. The van der Waals surface area contributed by atoms with Gasteiger partial charge in [-0.15, -0.1) is 0 Å². The quantitative estimate of drug-likeness (QED) is 0.557. The fourth-order valence-corrected chi connectivity index (χ4v) is 3.89. The maximum atomic E-state index is 13.0. The molecule has 1 aromatic carbocycles. The fourth-order valence-electron chi connectivity index (χ4n) is 3.89. The van der Waals surface area contributed by atoms with Crippen molar-refractivity contribution in [3.8, 4) is 5.75 Å². The highest BCUT2D eigenvalue weighted by Crippen LogP contribution is 2.53. The monoisotopic (exact) mass is 377 g/mol. The van der Waals surface area contributed by atoms with Gasteiger partial charge >= 0.3 is 6.11 Å². The zero-order valence-electron chi connectivity index (χ0n) is 16.4. The summed E-state index contributed by atoms with van der Waals surface area (Å²) < 4.78 is 31.2. The number of ether oxygens (including phenoxy) is 1. The fraction of sp³-hybridized carbons (Fsp3) is 0.476. The molecule has 1 aromatic rings. The van der Waals surface area contributed by atoms with E-state index in [0.717, 1.165) is 32.2 Å². The van der Waals surface area contributed by atoms with E-state index >= 15 is 0 Å². The molecule has 0 aromatic heterocycles. The standard InChI is InChI=1S/C19H21F2N2O2.C2H6/c1-13-11-17(22-9-7-15(24)8-10-22)18-12-23(13,18)14-3-5-16(6-4-14)25-19(2,20)21;1-2/h3-6,11H,7-10,12H2,1-2H3;1-2H3/q+1;. The summed E-state index contributed by atoms with van der Waals surface area (Å²) in [6, 6.07) is 6.91. The molecular weight excluding hydrogens is 350 g/mol. The Morgan fingerprint density at radius 3 is 2.22 bits per heavy atom. The van der Waals surface area contributed by atoms with Crippen LogP contribution in [-0.2, 0) is 4.79 Å². The summed E-state index contributed by atoms with van der Waals surface area (Å²) in [6.07, 6.45) is 0.239. The van der Waals surface area contributed by atoms with Crippen LogP contribution in [0.2, 0.25) is 0 Å². The minimum Gasteiger partial charge on any atom is -0.433 e. The normalized spacial score (nSPS) is 24.1. The van der Waals surface area contributed by atoms with Crippen LogP contribution in [0.25, 0.3) is 0 Å². The number of hydrogen-bond donors (Lipinski definition) is 0. The van der Waals surface area contributed by atoms with Crippen LogP contribution in [0.1, 0.15) is 40.5 Å². The van der Waals surface area contributed by atoms with Gasteiger partial charge in [-0.1, -0.05) is 13.8 Å². The molecule has 0 spiro atoms. The second kappa shape index (κ2) is 7.08. The number of benzene rings is 1. The van der Waals surface area contributed by atoms with E-state index in [1.807, 2.05) is 26.0 Å². The lowest BCUT2D eigenvalue weighted by Gasteiger charge is -2.26. The minimum absolute atomic E-state index is 0.164. The van der Waals surface area contributed by atoms with Crippen molar-refractivity contribution in [1.82, 2.24) is 9.38 Å². The molecule has 6 heteroatoms. The first-order chi connectivity index (χ1) is 12.8. The molecule has 0 amide bonds. The van der Waals surface area contributed by atoms with Crippen molar-refractivity contribution in [3.63, 3.8) is 0 Å². The van der Waals surface area contributed by atoms with Crippen LogP contribution in [0.5, 0.6) is 5.75 Å². The van der Waals surface area contributed by atoms with Gasteiger partial charge in [0.05, 0.1) is 0 Å². The van der Waals surface area contributed by atoms with E-state index < -0.39 is 6.11 Å². The van der Waals surface area contributed by atoms with E-state index in [-0.39, 0.29) is 5.75 Å². The van der Waals surface area contributed by atoms with Crippen molar-refractivity contribution in [1.29, 1.82) is 0 Å². The highest BCUT2D eigenvalue weighted by atomic mass is 19.3. The van der Waals surface area contributed by atoms with Crippen LogP contribution < -0.4 is 9.22 Å². The summed E-state index contributed by atoms with van der Waals surface area (Å²) in [5.74, 6) is 0.498. The predicted molar refractivity (Wildman–Crippen MR) is 102 cm³/mol. The Hall–Kier alpha value is -2.21. The van der Waals surface area contributed by atoms with E-state index in [4.69, 9.17) is 0 Å². The summed E-state index contributed by atoms with van der Waals surface area (Å²) >= 11 is 0. The molecule has 2 fully saturated rings. The molecule has 4 rings (SSSR count). The van der Waals surface area contributed by atoms with E-state index in [1.165, 1.54) is 17.1 Å². The van der Waals surface area contributed by atoms with Gasteiger partial charge in [0.2, 0.25) is 0 Å². The van der Waals surface area contributed by atoms with Crippen LogP contribution in [0, 0.1) is 0 Å². The summed E-state index contributed by atoms with van der Waals surface area (Å²) in [4.78, 5) is 13.8. The van der Waals surface area contributed by atoms with Crippen LogP contribution in [0.4, 0.5) is 14.5 Å². The Morgan fingerprint density at radius 2 is 1.70 bits per heavy atom. The van der Waals surface area contributed by atoms with E-state index in [1.54, 1.807) is 12.1 Å². The van der Waals surface area contributed by atoms with Crippen LogP contribution in [0.15, 0.2) is 47.4 Å². The number of ketones is 1. The van der Waals surface area contributed by atoms with Crippen molar-refractivity contribution in [2.24, 2.45) is 0 Å². The zero-order valence-corrected chi connectivity index (χ0v) is 16.4. The van der Waals surface area contributed by atoms with Gasteiger partial charge in [0.25, 0.3) is 0 Å². The molecule has 1 atom stereocenters. The van der Waals surface area contributed by atoms with Gasteiger partial charge in [0, 0.05) is 58.0 Å². The van der Waals surface area contributed by atoms with Gasteiger partial charge in [-0.3, -0.25) is 4.79 Å². The SMILES string of the molecule is CC.CC1=CC(N2CCC(=O)CC2)=C2C[N+]12c1ccc(OC(C)(F)F)cc1. The average Bonchev–Trinajstić information content (AvgIpc) is 3.32. The highest BCUT2D eigenvalue weighted by Gasteiger charge is 2.60. The van der Waals surface area contributed by atoms with Crippen molar-refractivity contribution >= 4 is 11.5 Å². The molecule has 3 heterocycles. The molecule has 1 unspecified atom stereocenters. The first-order valence-corrected chi connectivity index (χ1v) is 9.54. The van der Waals surface area contributed by atoms with E-state index in [9.17, 15) is 13.6 Å². The predicted octanol–water partition coefficient (Wildman–Crippen LogP) is 4.82. The van der Waals surface area contributed by atoms with Crippen LogP contribution in [-0.4, -0.2) is 36.4 Å². The zero-order chi connectivity index (χ0) is 19.8. The second-order valence-electron chi connectivity index (χ2n) is 7.02. The number of Topliss-reactive ketones (excluding diaryl/α,β-unsaturated/α-hetero) is 1. The smallest absolute Gasteiger partial charge is 0.394 e. The number of hydrogen-bond acceptors (Lipinski definition) is 3. The number of nitrogens with zero attached hydrogens (tertiary/aromatic N) is 2. The third-order valence-corrected chi connectivity index (χ3v) is 5.22. The largest absolute Gasteiger partial charge is 0.433 e. The van der Waals surface area contributed by atoms with Gasteiger partial charge in [-0.2, -0.15) is 8.78 Å². The maximum Gasteiger partial charge on any atom is 0.394 e. The molecular formula is C21H27F2N2O2+. The first kappa shape index (κ1) is 19.5. The van der Waals surface area contributed by atoms with Crippen molar-refractivity contribution < 1.29 is 18.3 Å². The van der Waals surface area contributed by atoms with Gasteiger partial charge < -0.3 is 9.64 Å². The number of rotatable bonds is 4. The number of halogens is 2. The Morgan fingerprint density at radius 1 is 1.11 bits per heavy atom. The van der Waals surface area contributed by atoms with Crippen LogP contribution >= 0.6 is 0 Å². The minimum atomic E-state index is -3.18. The third-order valence-electron chi connectivity index (χ3n) is 5.22. The van der Waals surface area contributed by atoms with Gasteiger partial charge in [-0.05, 0) is 12.1 Å². The number of alkyl halides is 2. The molecule has 0 N–H and O–H groups in total. The lowest BCUT2D eigenvalue weighted by atomic mass is 10.1. The van der Waals surface area contributed by atoms with E-state index in [0.29, 0.717) is 23.1 Å². The molecule has 0 radical (unpaired) electrons. The topological polar surface area (TPSA) is 29.5 Å². The lowest BCUT2D eigenvalue weighted by molar-refractivity contribution is -0.158. The van der Waals surface area contributed by atoms with E-state index in [2.05, 4.69) is 22.6 Å². The third kappa shape index (κ3) is 3.63. The molecule has 2 saturated heterocycles. The number of allylic oxidation sites excluding steroid dienone is 2. The summed E-state index contributed by atoms with van der Waals surface area (Å²) in [5, 5.41) is 0. The number of fused-ring (bicyclic) bond motifs is 1. The molecule has 3 aliphatic rings. The number of piperidine rings is 1. The summed E-state index contributed by atoms with van der Waals surface area (Å²) in [5.41, 5.74) is 4.82. The highest BCUT2D eigenvalue weighted by molar-refractivity contribution is 5.79. The maximum absolute atomic E-state index is 13.0. The summed E-state index contributed by atoms with van der Waals surface area (Å²) in [6.45, 7) is 9.29. The van der Waals surface area contributed by atoms with Gasteiger partial charge in [-0.25, -0.2) is 4.48 Å². The molecule has 146 valence electrons. The lowest BCUT2D eigenvalue weighted by Crippen LogP contribution is -2.32. The first-order valence-electron chi connectivity index (χ1n) is 9.54. The molecule has 0 bridgehead atoms. The number of carbonyl (C=O) groups excluding carboxylic acids is 1. The van der Waals surface area contributed by atoms with Crippen LogP contribution in [0.3, 0.4) is 0 Å². The Kier molecular flexibility index (Phi) is 5.12. The summed E-state index contributed by atoms with van der Waals surface area (Å²) in [7, 11) is 0. The number of quaternary nitrogens is 1. The Labute approximate surface area is 159 Å². The van der Waals surface area contributed by atoms with Crippen molar-refractivity contribution in [2.75, 3.05) is 19.6 Å². The van der Waals surface area contributed by atoms with Gasteiger partial charge in [0.1, 0.15) is 28.6 Å². The van der Waals surface area contributed by atoms with Crippen molar-refractivity contribution in [3.05, 3.63) is 47.4 Å². The Balaban J connectivity index is 0.00000102.